The number of benzene rings is 1. The van der Waals surface area contributed by atoms with Gasteiger partial charge < -0.3 is 15.3 Å². The Morgan fingerprint density at radius 3 is 2.50 bits per heavy atom. The number of aliphatic hydroxyl groups excluding tert-OH is 1. The zero-order valence-corrected chi connectivity index (χ0v) is 12.8. The molecule has 0 saturated heterocycles. The normalized spacial score (nSPS) is 13.4. The Morgan fingerprint density at radius 2 is 2.00 bits per heavy atom. The molecule has 0 aliphatic heterocycles. The Hall–Kier alpha value is -2.02. The van der Waals surface area contributed by atoms with Crippen LogP contribution in [0.5, 0.6) is 0 Å². The highest BCUT2D eigenvalue weighted by atomic mass is 19.1. The van der Waals surface area contributed by atoms with Crippen LogP contribution in [0.15, 0.2) is 18.2 Å². The Morgan fingerprint density at radius 1 is 1.36 bits per heavy atom. The first-order valence-electron chi connectivity index (χ1n) is 6.84. The number of rotatable bonds is 6. The zero-order chi connectivity index (χ0) is 16.9. The number of halogens is 2. The minimum Gasteiger partial charge on any atom is -0.394 e. The van der Waals surface area contributed by atoms with Crippen LogP contribution >= 0.6 is 0 Å². The van der Waals surface area contributed by atoms with E-state index in [1.54, 1.807) is 6.92 Å². The van der Waals surface area contributed by atoms with E-state index in [-0.39, 0.29) is 24.5 Å². The van der Waals surface area contributed by atoms with Crippen molar-refractivity contribution in [3.8, 4) is 0 Å². The van der Waals surface area contributed by atoms with Crippen molar-refractivity contribution in [1.82, 2.24) is 10.2 Å². The molecule has 0 radical (unpaired) electrons. The molecule has 1 rings (SSSR count). The Bertz CT molecular complexity index is 552. The first kappa shape index (κ1) is 18.0. The molecule has 2 unspecified atom stereocenters. The number of carbonyl (C=O) groups is 2. The summed E-state index contributed by atoms with van der Waals surface area (Å²) in [4.78, 5) is 24.7. The quantitative estimate of drug-likeness (QED) is 0.833. The number of nitrogens with one attached hydrogen (secondary N) is 1. The van der Waals surface area contributed by atoms with Gasteiger partial charge in [0.15, 0.2) is 0 Å². The zero-order valence-electron chi connectivity index (χ0n) is 12.8. The molecule has 0 spiro atoms. The van der Waals surface area contributed by atoms with Crippen LogP contribution in [-0.4, -0.2) is 41.5 Å². The molecule has 0 aliphatic rings. The van der Waals surface area contributed by atoms with Gasteiger partial charge in [0, 0.05) is 25.6 Å². The third-order valence-corrected chi connectivity index (χ3v) is 3.41. The van der Waals surface area contributed by atoms with Crippen LogP contribution in [0.25, 0.3) is 0 Å². The molecular formula is C15H20F2N2O3. The molecular weight excluding hydrogens is 294 g/mol. The predicted molar refractivity (Wildman–Crippen MR) is 76.9 cm³/mol. The van der Waals surface area contributed by atoms with Crippen LogP contribution in [0.3, 0.4) is 0 Å². The summed E-state index contributed by atoms with van der Waals surface area (Å²) in [7, 11) is 1.51. The second-order valence-corrected chi connectivity index (χ2v) is 5.16. The molecule has 2 N–H and O–H groups in total. The minimum atomic E-state index is -0.904. The fourth-order valence-electron chi connectivity index (χ4n) is 1.96. The number of nitrogens with zero attached hydrogens (tertiary/aromatic N) is 1. The van der Waals surface area contributed by atoms with Gasteiger partial charge in [-0.25, -0.2) is 8.78 Å². The highest BCUT2D eigenvalue weighted by Gasteiger charge is 2.24. The lowest BCUT2D eigenvalue weighted by molar-refractivity contribution is -0.133. The first-order chi connectivity index (χ1) is 10.3. The van der Waals surface area contributed by atoms with E-state index in [2.05, 4.69) is 5.32 Å². The van der Waals surface area contributed by atoms with Crippen molar-refractivity contribution < 1.29 is 23.5 Å². The lowest BCUT2D eigenvalue weighted by atomic mass is 10.0. The van der Waals surface area contributed by atoms with Crippen LogP contribution in [-0.2, 0) is 9.59 Å². The summed E-state index contributed by atoms with van der Waals surface area (Å²) in [5.74, 6) is -2.37. The number of likely N-dealkylation sites (N-methyl/N-ethyl adjacent to an activating group) is 1. The van der Waals surface area contributed by atoms with Gasteiger partial charge in [-0.2, -0.15) is 0 Å². The molecule has 2 amide bonds. The van der Waals surface area contributed by atoms with Crippen LogP contribution in [0.4, 0.5) is 8.78 Å². The highest BCUT2D eigenvalue weighted by Crippen LogP contribution is 2.22. The van der Waals surface area contributed by atoms with Gasteiger partial charge in [0.2, 0.25) is 11.8 Å². The van der Waals surface area contributed by atoms with Crippen molar-refractivity contribution in [3.63, 3.8) is 0 Å². The largest absolute Gasteiger partial charge is 0.394 e. The summed E-state index contributed by atoms with van der Waals surface area (Å²) in [6.45, 7) is 2.70. The van der Waals surface area contributed by atoms with Gasteiger partial charge >= 0.3 is 0 Å². The molecule has 0 heterocycles. The lowest BCUT2D eigenvalue weighted by Gasteiger charge is -2.26. The molecule has 2 atom stereocenters. The maximum atomic E-state index is 13.9. The first-order valence-corrected chi connectivity index (χ1v) is 6.84. The van der Waals surface area contributed by atoms with Crippen LogP contribution < -0.4 is 5.32 Å². The standard InChI is InChI=1S/C15H20F2N2O3/c1-9(8-20)19(3)15(22)7-14(18-10(2)21)12-5-4-11(16)6-13(12)17/h4-6,9,14,20H,7-8H2,1-3H3,(H,18,21). The number of carbonyl (C=O) groups excluding carboxylic acids is 2. The fraction of sp³-hybridized carbons (Fsp3) is 0.467. The summed E-state index contributed by atoms with van der Waals surface area (Å²) in [6, 6.07) is 1.67. The molecule has 5 nitrogen and oxygen atoms in total. The van der Waals surface area contributed by atoms with Crippen LogP contribution in [0, 0.1) is 11.6 Å². The minimum absolute atomic E-state index is 0.0370. The average molecular weight is 314 g/mol. The predicted octanol–water partition coefficient (Wildman–Crippen LogP) is 1.37. The Kier molecular flexibility index (Phi) is 6.42. The van der Waals surface area contributed by atoms with E-state index in [1.807, 2.05) is 0 Å². The van der Waals surface area contributed by atoms with E-state index in [9.17, 15) is 18.4 Å². The van der Waals surface area contributed by atoms with Crippen molar-refractivity contribution in [3.05, 3.63) is 35.4 Å². The summed E-state index contributed by atoms with van der Waals surface area (Å²) in [6.07, 6.45) is -0.191. The molecule has 7 heteroatoms. The van der Waals surface area contributed by atoms with Gasteiger partial charge in [-0.3, -0.25) is 9.59 Å². The van der Waals surface area contributed by atoms with E-state index in [0.29, 0.717) is 6.07 Å². The van der Waals surface area contributed by atoms with E-state index < -0.39 is 29.6 Å². The maximum absolute atomic E-state index is 13.9. The van der Waals surface area contributed by atoms with Crippen molar-refractivity contribution >= 4 is 11.8 Å². The third-order valence-electron chi connectivity index (χ3n) is 3.41. The molecule has 1 aromatic carbocycles. The molecule has 0 bridgehead atoms. The van der Waals surface area contributed by atoms with Gasteiger partial charge in [0.05, 0.1) is 25.1 Å². The van der Waals surface area contributed by atoms with E-state index in [1.165, 1.54) is 24.9 Å². The van der Waals surface area contributed by atoms with Gasteiger partial charge in [-0.15, -0.1) is 0 Å². The van der Waals surface area contributed by atoms with Crippen molar-refractivity contribution in [2.24, 2.45) is 0 Å². The van der Waals surface area contributed by atoms with Crippen LogP contribution in [0.2, 0.25) is 0 Å². The molecule has 22 heavy (non-hydrogen) atoms. The molecule has 122 valence electrons. The smallest absolute Gasteiger partial charge is 0.225 e. The molecule has 0 aromatic heterocycles. The number of amides is 2. The highest BCUT2D eigenvalue weighted by molar-refractivity contribution is 5.79. The maximum Gasteiger partial charge on any atom is 0.225 e. The molecule has 1 aromatic rings. The summed E-state index contributed by atoms with van der Waals surface area (Å²) >= 11 is 0. The second kappa shape index (κ2) is 7.84. The van der Waals surface area contributed by atoms with E-state index in [4.69, 9.17) is 5.11 Å². The third kappa shape index (κ3) is 4.77. The fourth-order valence-corrected chi connectivity index (χ4v) is 1.96. The monoisotopic (exact) mass is 314 g/mol. The van der Waals surface area contributed by atoms with Gasteiger partial charge in [0.25, 0.3) is 0 Å². The van der Waals surface area contributed by atoms with Gasteiger partial charge in [-0.05, 0) is 13.0 Å². The molecule has 0 fully saturated rings. The van der Waals surface area contributed by atoms with E-state index >= 15 is 0 Å². The topological polar surface area (TPSA) is 69.6 Å². The van der Waals surface area contributed by atoms with E-state index in [0.717, 1.165) is 6.07 Å². The molecule has 0 aliphatic carbocycles. The summed E-state index contributed by atoms with van der Waals surface area (Å²) in [5.41, 5.74) is 0.0370. The number of hydrogen-bond acceptors (Lipinski definition) is 3. The Balaban J connectivity index is 2.98. The summed E-state index contributed by atoms with van der Waals surface area (Å²) in [5, 5.41) is 11.5. The van der Waals surface area contributed by atoms with Gasteiger partial charge in [-0.1, -0.05) is 6.07 Å². The average Bonchev–Trinajstić information content (AvgIpc) is 2.44. The van der Waals surface area contributed by atoms with Gasteiger partial charge in [0.1, 0.15) is 11.6 Å². The number of aliphatic hydroxyl groups is 1. The lowest BCUT2D eigenvalue weighted by Crippen LogP contribution is -2.40. The van der Waals surface area contributed by atoms with Crippen molar-refractivity contribution in [1.29, 1.82) is 0 Å². The van der Waals surface area contributed by atoms with Crippen LogP contribution in [0.1, 0.15) is 31.9 Å². The van der Waals surface area contributed by atoms with Crippen molar-refractivity contribution in [2.75, 3.05) is 13.7 Å². The summed E-state index contributed by atoms with van der Waals surface area (Å²) < 4.78 is 26.9. The Labute approximate surface area is 127 Å². The SMILES string of the molecule is CC(=O)NC(CC(=O)N(C)C(C)CO)c1ccc(F)cc1F. The molecule has 0 saturated carbocycles. The van der Waals surface area contributed by atoms with Crippen molar-refractivity contribution in [2.45, 2.75) is 32.4 Å². The number of hydrogen-bond donors (Lipinski definition) is 2. The second-order valence-electron chi connectivity index (χ2n) is 5.16.